The first-order valence-electron chi connectivity index (χ1n) is 4.23. The van der Waals surface area contributed by atoms with E-state index in [9.17, 15) is 4.79 Å². The summed E-state index contributed by atoms with van der Waals surface area (Å²) in [7, 11) is 0. The lowest BCUT2D eigenvalue weighted by Crippen LogP contribution is -2.34. The molecule has 0 bridgehead atoms. The van der Waals surface area contributed by atoms with Crippen LogP contribution in [0, 0.1) is 0 Å². The van der Waals surface area contributed by atoms with Crippen LogP contribution >= 0.6 is 27.7 Å². The normalized spacial score (nSPS) is 25.3. The Morgan fingerprint density at radius 1 is 1.83 bits per heavy atom. The number of amides is 1. The number of thioether (sulfide) groups is 1. The highest BCUT2D eigenvalue weighted by Gasteiger charge is 2.22. The maximum atomic E-state index is 11.4. The summed E-state index contributed by atoms with van der Waals surface area (Å²) in [5, 5.41) is 3.14. The van der Waals surface area contributed by atoms with Gasteiger partial charge in [-0.2, -0.15) is 0 Å². The first-order valence-corrected chi connectivity index (χ1v) is 6.20. The van der Waals surface area contributed by atoms with Crippen molar-refractivity contribution in [2.45, 2.75) is 29.8 Å². The van der Waals surface area contributed by atoms with E-state index in [1.165, 1.54) is 6.42 Å². The van der Waals surface area contributed by atoms with Gasteiger partial charge in [-0.1, -0.05) is 22.9 Å². The van der Waals surface area contributed by atoms with Crippen LogP contribution in [-0.4, -0.2) is 28.3 Å². The van der Waals surface area contributed by atoms with E-state index in [2.05, 4.69) is 21.2 Å². The summed E-state index contributed by atoms with van der Waals surface area (Å²) in [4.78, 5) is 11.8. The quantitative estimate of drug-likeness (QED) is 0.776. The fraction of sp³-hybridized carbons (Fsp3) is 0.875. The number of nitrogens with one attached hydrogen (secondary N) is 1. The van der Waals surface area contributed by atoms with Crippen molar-refractivity contribution in [3.63, 3.8) is 0 Å². The molecule has 1 heterocycles. The van der Waals surface area contributed by atoms with Crippen molar-refractivity contribution in [3.05, 3.63) is 0 Å². The first-order chi connectivity index (χ1) is 5.70. The predicted molar refractivity (Wildman–Crippen MR) is 56.9 cm³/mol. The minimum absolute atomic E-state index is 0.212. The molecule has 1 N–H and O–H groups in total. The third-order valence-electron chi connectivity index (χ3n) is 1.78. The van der Waals surface area contributed by atoms with Crippen molar-refractivity contribution < 1.29 is 4.79 Å². The van der Waals surface area contributed by atoms with Gasteiger partial charge in [0.25, 0.3) is 0 Å². The molecule has 70 valence electrons. The first kappa shape index (κ1) is 10.4. The van der Waals surface area contributed by atoms with Crippen LogP contribution in [0.5, 0.6) is 0 Å². The molecule has 1 aliphatic rings. The van der Waals surface area contributed by atoms with Gasteiger partial charge in [0.1, 0.15) is 0 Å². The third-order valence-corrected chi connectivity index (χ3v) is 3.48. The molecule has 0 aromatic rings. The molecular formula is C8H14BrNOS. The van der Waals surface area contributed by atoms with Crippen LogP contribution < -0.4 is 5.32 Å². The van der Waals surface area contributed by atoms with Gasteiger partial charge < -0.3 is 5.32 Å². The molecular weight excluding hydrogens is 238 g/mol. The van der Waals surface area contributed by atoms with Gasteiger partial charge in [0.2, 0.25) is 5.91 Å². The highest BCUT2D eigenvalue weighted by atomic mass is 79.9. The van der Waals surface area contributed by atoms with Gasteiger partial charge in [-0.05, 0) is 18.6 Å². The molecule has 1 rings (SSSR count). The SMILES string of the molecule is CC(Br)CNC(=O)C1CCCS1. The number of rotatable bonds is 3. The van der Waals surface area contributed by atoms with Crippen LogP contribution in [0.3, 0.4) is 0 Å². The standard InChI is InChI=1S/C8H14BrNOS/c1-6(9)5-10-8(11)7-3-2-4-12-7/h6-7H,2-5H2,1H3,(H,10,11). The van der Waals surface area contributed by atoms with Crippen molar-refractivity contribution in [1.82, 2.24) is 5.32 Å². The molecule has 0 spiro atoms. The van der Waals surface area contributed by atoms with E-state index in [0.29, 0.717) is 4.83 Å². The fourth-order valence-electron chi connectivity index (χ4n) is 1.14. The number of alkyl halides is 1. The monoisotopic (exact) mass is 251 g/mol. The Morgan fingerprint density at radius 2 is 2.58 bits per heavy atom. The van der Waals surface area contributed by atoms with Crippen LogP contribution in [0.1, 0.15) is 19.8 Å². The number of carbonyl (C=O) groups excluding carboxylic acids is 1. The average Bonchev–Trinajstić information content (AvgIpc) is 2.51. The third kappa shape index (κ3) is 3.35. The molecule has 1 amide bonds. The Morgan fingerprint density at radius 3 is 3.08 bits per heavy atom. The van der Waals surface area contributed by atoms with Crippen LogP contribution in [0.25, 0.3) is 0 Å². The molecule has 12 heavy (non-hydrogen) atoms. The predicted octanol–water partition coefficient (Wildman–Crippen LogP) is 1.78. The van der Waals surface area contributed by atoms with Crippen molar-refractivity contribution in [3.8, 4) is 0 Å². The zero-order valence-electron chi connectivity index (χ0n) is 7.18. The largest absolute Gasteiger partial charge is 0.354 e. The molecule has 0 aliphatic carbocycles. The Kier molecular flexibility index (Phi) is 4.43. The second-order valence-corrected chi connectivity index (χ2v) is 5.90. The van der Waals surface area contributed by atoms with Crippen molar-refractivity contribution in [2.75, 3.05) is 12.3 Å². The minimum Gasteiger partial charge on any atom is -0.354 e. The van der Waals surface area contributed by atoms with Crippen molar-refractivity contribution >= 4 is 33.6 Å². The van der Waals surface area contributed by atoms with E-state index in [4.69, 9.17) is 0 Å². The van der Waals surface area contributed by atoms with Gasteiger partial charge in [0, 0.05) is 11.4 Å². The molecule has 0 saturated carbocycles. The number of hydrogen-bond acceptors (Lipinski definition) is 2. The van der Waals surface area contributed by atoms with Gasteiger partial charge in [0.15, 0.2) is 0 Å². The lowest BCUT2D eigenvalue weighted by molar-refractivity contribution is -0.120. The van der Waals surface area contributed by atoms with Crippen LogP contribution in [-0.2, 0) is 4.79 Å². The van der Waals surface area contributed by atoms with Crippen LogP contribution in [0.2, 0.25) is 0 Å². The summed E-state index contributed by atoms with van der Waals surface area (Å²) in [6.45, 7) is 2.76. The molecule has 2 nitrogen and oxygen atoms in total. The molecule has 1 fully saturated rings. The summed E-state index contributed by atoms with van der Waals surface area (Å²) in [6.07, 6.45) is 2.24. The summed E-state index contributed by atoms with van der Waals surface area (Å²) < 4.78 is 0. The Balaban J connectivity index is 2.18. The number of hydrogen-bond donors (Lipinski definition) is 1. The van der Waals surface area contributed by atoms with E-state index >= 15 is 0 Å². The van der Waals surface area contributed by atoms with E-state index in [1.54, 1.807) is 11.8 Å². The summed E-state index contributed by atoms with van der Waals surface area (Å²) in [5.74, 6) is 1.35. The number of halogens is 1. The van der Waals surface area contributed by atoms with Gasteiger partial charge in [0.05, 0.1) is 5.25 Å². The van der Waals surface area contributed by atoms with E-state index in [0.717, 1.165) is 18.7 Å². The fourth-order valence-corrected chi connectivity index (χ4v) is 2.49. The van der Waals surface area contributed by atoms with Gasteiger partial charge in [-0.15, -0.1) is 11.8 Å². The molecule has 4 heteroatoms. The minimum atomic E-state index is 0.212. The lowest BCUT2D eigenvalue weighted by Gasteiger charge is -2.10. The summed E-state index contributed by atoms with van der Waals surface area (Å²) in [6, 6.07) is 0. The highest BCUT2D eigenvalue weighted by molar-refractivity contribution is 9.09. The summed E-state index contributed by atoms with van der Waals surface area (Å²) >= 11 is 5.16. The zero-order valence-corrected chi connectivity index (χ0v) is 9.58. The Labute approximate surface area is 86.0 Å². The molecule has 1 saturated heterocycles. The number of carbonyl (C=O) groups is 1. The van der Waals surface area contributed by atoms with E-state index < -0.39 is 0 Å². The molecule has 0 aromatic heterocycles. The summed E-state index contributed by atoms with van der Waals surface area (Å²) in [5.41, 5.74) is 0. The average molecular weight is 252 g/mol. The van der Waals surface area contributed by atoms with Gasteiger partial charge in [-0.25, -0.2) is 0 Å². The molecule has 2 unspecified atom stereocenters. The van der Waals surface area contributed by atoms with Crippen molar-refractivity contribution in [1.29, 1.82) is 0 Å². The maximum absolute atomic E-state index is 11.4. The molecule has 0 aromatic carbocycles. The molecule has 2 atom stereocenters. The Hall–Kier alpha value is 0.300. The van der Waals surface area contributed by atoms with E-state index in [-0.39, 0.29) is 11.2 Å². The molecule has 0 radical (unpaired) electrons. The smallest absolute Gasteiger partial charge is 0.233 e. The topological polar surface area (TPSA) is 29.1 Å². The molecule has 1 aliphatic heterocycles. The second-order valence-electron chi connectivity index (χ2n) is 3.03. The van der Waals surface area contributed by atoms with Crippen LogP contribution in [0.4, 0.5) is 0 Å². The Bertz CT molecular complexity index is 157. The van der Waals surface area contributed by atoms with Gasteiger partial charge >= 0.3 is 0 Å². The zero-order chi connectivity index (χ0) is 8.97. The van der Waals surface area contributed by atoms with E-state index in [1.807, 2.05) is 6.92 Å². The highest BCUT2D eigenvalue weighted by Crippen LogP contribution is 2.25. The van der Waals surface area contributed by atoms with Crippen molar-refractivity contribution in [2.24, 2.45) is 0 Å². The second kappa shape index (κ2) is 5.12. The van der Waals surface area contributed by atoms with Gasteiger partial charge in [-0.3, -0.25) is 4.79 Å². The lowest BCUT2D eigenvalue weighted by atomic mass is 10.2. The maximum Gasteiger partial charge on any atom is 0.233 e. The van der Waals surface area contributed by atoms with Crippen LogP contribution in [0.15, 0.2) is 0 Å².